The third-order valence-corrected chi connectivity index (χ3v) is 9.06. The molecule has 0 aromatic rings. The van der Waals surface area contributed by atoms with Crippen LogP contribution in [0.2, 0.25) is 0 Å². The van der Waals surface area contributed by atoms with Crippen molar-refractivity contribution < 1.29 is 51.8 Å². The fourth-order valence-electron chi connectivity index (χ4n) is 4.74. The van der Waals surface area contributed by atoms with E-state index < -0.39 is 26.5 Å². The summed E-state index contributed by atoms with van der Waals surface area (Å²) in [4.78, 5) is 25.2. The molecule has 1 atom stereocenters. The average Bonchev–Trinajstić information content (AvgIpc) is 3.09. The van der Waals surface area contributed by atoms with Gasteiger partial charge in [-0.2, -0.15) is 5.26 Å². The maximum Gasteiger partial charge on any atom is 0.259 e. The molecule has 2 amide bonds. The average molecular weight is 753 g/mol. The van der Waals surface area contributed by atoms with Gasteiger partial charge < -0.3 is 52.8 Å². The van der Waals surface area contributed by atoms with Crippen LogP contribution < -0.4 is 10.6 Å². The van der Waals surface area contributed by atoms with Crippen molar-refractivity contribution in [1.82, 2.24) is 15.3 Å². The zero-order chi connectivity index (χ0) is 38.3. The number of carbonyl (C=O) groups excluding carboxylic acids is 2. The van der Waals surface area contributed by atoms with Gasteiger partial charge in [0, 0.05) is 58.0 Å². The highest BCUT2D eigenvalue weighted by atomic mass is 31.2. The first-order chi connectivity index (χ1) is 24.5. The van der Waals surface area contributed by atoms with E-state index in [4.69, 9.17) is 47.5 Å². The number of nitrogens with one attached hydrogen (secondary N) is 2. The molecular weight excluding hydrogens is 683 g/mol. The van der Waals surface area contributed by atoms with Gasteiger partial charge in [0.25, 0.3) is 8.53 Å². The zero-order valence-electron chi connectivity index (χ0n) is 32.9. The minimum atomic E-state index is -1.55. The molecule has 0 rings (SSSR count). The van der Waals surface area contributed by atoms with Crippen LogP contribution >= 0.6 is 8.53 Å². The third-order valence-electron chi connectivity index (χ3n) is 7.01. The van der Waals surface area contributed by atoms with Crippen LogP contribution in [0.4, 0.5) is 0 Å². The van der Waals surface area contributed by atoms with E-state index in [0.29, 0.717) is 33.0 Å². The Hall–Kier alpha value is -1.54. The van der Waals surface area contributed by atoms with E-state index in [1.54, 1.807) is 0 Å². The largest absolute Gasteiger partial charge is 0.381 e. The van der Waals surface area contributed by atoms with Gasteiger partial charge in [-0.1, -0.05) is 6.92 Å². The molecule has 0 aliphatic heterocycles. The molecule has 16 heteroatoms. The Morgan fingerprint density at radius 1 is 0.667 bits per heavy atom. The molecule has 2 N–H and O–H groups in total. The van der Waals surface area contributed by atoms with E-state index in [-0.39, 0.29) is 102 Å². The standard InChI is InChI=1S/C35H69N4O11P/c1-10-19-42-25-35(26-43-21-16-31(40)37-23-33(45-11-2)46-12-3,27-44-22-17-32(41)38-24-34(47-13-4)48-14-5)28-50-51(49-20-15-18-36)39(29(6)7)30(8)9/h29-30,33-34H,10-17,19-28H2,1-9H3,(H,37,40)(H,38,41). The Morgan fingerprint density at radius 2 is 1.10 bits per heavy atom. The summed E-state index contributed by atoms with van der Waals surface area (Å²) in [5, 5.41) is 14.8. The van der Waals surface area contributed by atoms with Gasteiger partial charge >= 0.3 is 0 Å². The van der Waals surface area contributed by atoms with Gasteiger partial charge in [0.15, 0.2) is 12.6 Å². The minimum absolute atomic E-state index is 0.114. The summed E-state index contributed by atoms with van der Waals surface area (Å²) in [6.45, 7) is 21.9. The second-order valence-electron chi connectivity index (χ2n) is 12.3. The predicted molar refractivity (Wildman–Crippen MR) is 196 cm³/mol. The Balaban J connectivity index is 5.80. The fourth-order valence-corrected chi connectivity index (χ4v) is 6.47. The number of rotatable bonds is 35. The van der Waals surface area contributed by atoms with E-state index in [1.165, 1.54) is 0 Å². The van der Waals surface area contributed by atoms with Crippen molar-refractivity contribution in [2.24, 2.45) is 5.41 Å². The van der Waals surface area contributed by atoms with E-state index in [9.17, 15) is 9.59 Å². The van der Waals surface area contributed by atoms with Crippen molar-refractivity contribution in [3.05, 3.63) is 0 Å². The lowest BCUT2D eigenvalue weighted by Crippen LogP contribution is -2.43. The lowest BCUT2D eigenvalue weighted by Gasteiger charge is -2.39. The number of carbonyl (C=O) groups is 2. The summed E-state index contributed by atoms with van der Waals surface area (Å²) in [5.74, 6) is -0.388. The second-order valence-corrected chi connectivity index (χ2v) is 13.7. The number of nitrogens with zero attached hydrogens (tertiary/aromatic N) is 2. The van der Waals surface area contributed by atoms with Gasteiger partial charge in [-0.15, -0.1) is 0 Å². The van der Waals surface area contributed by atoms with Crippen molar-refractivity contribution >= 4 is 20.3 Å². The van der Waals surface area contributed by atoms with Crippen LogP contribution in [0.15, 0.2) is 0 Å². The normalized spacial score (nSPS) is 12.7. The molecule has 300 valence electrons. The number of hydrogen-bond donors (Lipinski definition) is 2. The molecule has 0 radical (unpaired) electrons. The van der Waals surface area contributed by atoms with Crippen molar-refractivity contribution in [2.45, 2.75) is 113 Å². The first kappa shape index (κ1) is 49.5. The summed E-state index contributed by atoms with van der Waals surface area (Å²) < 4.78 is 55.2. The van der Waals surface area contributed by atoms with E-state index in [2.05, 4.69) is 49.1 Å². The fraction of sp³-hybridized carbons (Fsp3) is 0.914. The van der Waals surface area contributed by atoms with Crippen LogP contribution in [0.3, 0.4) is 0 Å². The van der Waals surface area contributed by atoms with Gasteiger partial charge in [0.05, 0.1) is 77.2 Å². The minimum Gasteiger partial charge on any atom is -0.381 e. The van der Waals surface area contributed by atoms with Crippen molar-refractivity contribution in [3.63, 3.8) is 0 Å². The van der Waals surface area contributed by atoms with Crippen molar-refractivity contribution in [1.29, 1.82) is 5.26 Å². The van der Waals surface area contributed by atoms with Crippen LogP contribution in [0.1, 0.15) is 88.0 Å². The monoisotopic (exact) mass is 752 g/mol. The molecule has 0 spiro atoms. The number of hydrogen-bond acceptors (Lipinski definition) is 13. The molecule has 0 saturated heterocycles. The molecule has 0 fully saturated rings. The van der Waals surface area contributed by atoms with Crippen molar-refractivity contribution in [2.75, 3.05) is 92.4 Å². The predicted octanol–water partition coefficient (Wildman–Crippen LogP) is 4.54. The molecular formula is C35H69N4O11P. The Bertz CT molecular complexity index is 853. The van der Waals surface area contributed by atoms with Crippen LogP contribution in [0, 0.1) is 16.7 Å². The summed E-state index contributed by atoms with van der Waals surface area (Å²) >= 11 is 0. The van der Waals surface area contributed by atoms with Gasteiger partial charge in [-0.05, 0) is 61.8 Å². The molecule has 0 aliphatic rings. The Kier molecular flexibility index (Phi) is 31.0. The number of amides is 2. The molecule has 51 heavy (non-hydrogen) atoms. The maximum absolute atomic E-state index is 12.6. The van der Waals surface area contributed by atoms with Crippen LogP contribution in [-0.2, 0) is 51.8 Å². The molecule has 0 bridgehead atoms. The Labute approximate surface area is 308 Å². The summed E-state index contributed by atoms with van der Waals surface area (Å²) in [5.41, 5.74) is -0.801. The summed E-state index contributed by atoms with van der Waals surface area (Å²) in [6, 6.07) is 2.36. The van der Waals surface area contributed by atoms with Crippen LogP contribution in [-0.4, -0.2) is 134 Å². The van der Waals surface area contributed by atoms with E-state index in [0.717, 1.165) is 6.42 Å². The molecule has 0 aromatic carbocycles. The van der Waals surface area contributed by atoms with Gasteiger partial charge in [0.2, 0.25) is 11.8 Å². The van der Waals surface area contributed by atoms with Crippen molar-refractivity contribution in [3.8, 4) is 6.07 Å². The summed E-state index contributed by atoms with van der Waals surface area (Å²) in [7, 11) is -1.55. The summed E-state index contributed by atoms with van der Waals surface area (Å²) in [6.07, 6.45) is 0.276. The second kappa shape index (κ2) is 31.9. The first-order valence-corrected chi connectivity index (χ1v) is 19.6. The van der Waals surface area contributed by atoms with Crippen LogP contribution in [0.25, 0.3) is 0 Å². The number of ether oxygens (including phenoxy) is 7. The molecule has 0 aromatic heterocycles. The maximum atomic E-state index is 12.6. The SMILES string of the molecule is CCCOCC(COCCC(=O)NCC(OCC)OCC)(COCCC(=O)NCC(OCC)OCC)COP(OCCC#N)N(C(C)C)C(C)C. The smallest absolute Gasteiger partial charge is 0.259 e. The quantitative estimate of drug-likeness (QED) is 0.0527. The highest BCUT2D eigenvalue weighted by Crippen LogP contribution is 2.47. The molecule has 0 aliphatic carbocycles. The van der Waals surface area contributed by atoms with E-state index >= 15 is 0 Å². The highest BCUT2D eigenvalue weighted by molar-refractivity contribution is 7.44. The van der Waals surface area contributed by atoms with Gasteiger partial charge in [-0.3, -0.25) is 9.59 Å². The van der Waals surface area contributed by atoms with Gasteiger partial charge in [-0.25, -0.2) is 4.67 Å². The first-order valence-electron chi connectivity index (χ1n) is 18.5. The molecule has 1 unspecified atom stereocenters. The molecule has 0 heterocycles. The topological polar surface area (TPSA) is 168 Å². The third kappa shape index (κ3) is 24.4. The number of nitriles is 1. The molecule has 15 nitrogen and oxygen atoms in total. The van der Waals surface area contributed by atoms with Gasteiger partial charge in [0.1, 0.15) is 0 Å². The van der Waals surface area contributed by atoms with E-state index in [1.807, 2.05) is 34.6 Å². The highest BCUT2D eigenvalue weighted by Gasteiger charge is 2.36. The lowest BCUT2D eigenvalue weighted by molar-refractivity contribution is -0.141. The lowest BCUT2D eigenvalue weighted by atomic mass is 9.92. The molecule has 0 saturated carbocycles. The zero-order valence-corrected chi connectivity index (χ0v) is 33.8. The van der Waals surface area contributed by atoms with Crippen LogP contribution in [0.5, 0.6) is 0 Å². The Morgan fingerprint density at radius 3 is 1.47 bits per heavy atom.